The van der Waals surface area contributed by atoms with Crippen LogP contribution in [0.1, 0.15) is 65.7 Å². The Morgan fingerprint density at radius 3 is 2.59 bits per heavy atom. The number of fused-ring (bicyclic) bond motifs is 3. The predicted molar refractivity (Wildman–Crippen MR) is 183 cm³/mol. The summed E-state index contributed by atoms with van der Waals surface area (Å²) in [5.41, 5.74) is -1.58. The molecule has 1 aromatic carbocycles. The fourth-order valence-electron chi connectivity index (χ4n) is 7.34. The molecule has 51 heavy (non-hydrogen) atoms. The van der Waals surface area contributed by atoms with Crippen LogP contribution in [0.4, 0.5) is 9.18 Å². The maximum Gasteiger partial charge on any atom is 0.405 e. The summed E-state index contributed by atoms with van der Waals surface area (Å²) in [4.78, 5) is 59.8. The van der Waals surface area contributed by atoms with E-state index in [1.165, 1.54) is 30.3 Å². The van der Waals surface area contributed by atoms with Crippen molar-refractivity contribution >= 4 is 44.6 Å². The number of carbonyl (C=O) groups excluding carboxylic acids is 3. The average Bonchev–Trinajstić information content (AvgIpc) is 3.95. The molecule has 4 N–H and O–H groups in total. The Morgan fingerprint density at radius 1 is 1.16 bits per heavy atom. The smallest absolute Gasteiger partial charge is 0.405 e. The number of benzene rings is 1. The van der Waals surface area contributed by atoms with E-state index in [0.717, 1.165) is 0 Å². The van der Waals surface area contributed by atoms with Gasteiger partial charge < -0.3 is 30.1 Å². The fourth-order valence-corrected chi connectivity index (χ4v) is 8.65. The Balaban J connectivity index is 1.35. The van der Waals surface area contributed by atoms with Crippen LogP contribution >= 0.6 is 0 Å². The number of methoxy groups -OCH3 is 1. The molecule has 0 bridgehead atoms. The average molecular weight is 730 g/mol. The summed E-state index contributed by atoms with van der Waals surface area (Å²) in [6.07, 6.45) is 5.66. The van der Waals surface area contributed by atoms with Gasteiger partial charge in [-0.15, -0.1) is 0 Å². The molecule has 7 atom stereocenters. The molecule has 3 fully saturated rings. The minimum atomic E-state index is -4.02. The zero-order valence-electron chi connectivity index (χ0n) is 29.0. The van der Waals surface area contributed by atoms with Gasteiger partial charge in [-0.2, -0.15) is 0 Å². The molecule has 276 valence electrons. The number of allylic oxidation sites excluding steroid dienone is 1. The van der Waals surface area contributed by atoms with Crippen molar-refractivity contribution in [3.63, 3.8) is 0 Å². The highest BCUT2D eigenvalue weighted by Crippen LogP contribution is 2.47. The minimum Gasteiger partial charge on any atom is -0.496 e. The molecule has 3 heterocycles. The zero-order valence-corrected chi connectivity index (χ0v) is 29.8. The quantitative estimate of drug-likeness (QED) is 0.308. The molecule has 6 rings (SSSR count). The first-order valence-corrected chi connectivity index (χ1v) is 18.7. The van der Waals surface area contributed by atoms with E-state index < -0.39 is 80.0 Å². The first kappa shape index (κ1) is 36.3. The second kappa shape index (κ2) is 13.6. The van der Waals surface area contributed by atoms with E-state index in [-0.39, 0.29) is 36.9 Å². The van der Waals surface area contributed by atoms with Crippen molar-refractivity contribution in [3.8, 4) is 11.6 Å². The molecule has 0 spiro atoms. The summed E-state index contributed by atoms with van der Waals surface area (Å²) >= 11 is 0. The molecule has 14 nitrogen and oxygen atoms in total. The number of pyridine rings is 1. The number of halogens is 1. The fraction of sp³-hybridized carbons (Fsp3) is 0.571. The second-order valence-corrected chi connectivity index (χ2v) is 16.9. The van der Waals surface area contributed by atoms with Gasteiger partial charge in [-0.05, 0) is 69.4 Å². The van der Waals surface area contributed by atoms with Crippen LogP contribution in [-0.2, 0) is 24.4 Å². The summed E-state index contributed by atoms with van der Waals surface area (Å²) in [5, 5.41) is 15.7. The topological polar surface area (TPSA) is 193 Å². The molecule has 2 aliphatic heterocycles. The number of sulfonamides is 1. The molecule has 4 aliphatic rings. The maximum absolute atomic E-state index is 14.6. The molecule has 2 aliphatic carbocycles. The molecular formula is C35H44FN5O9S. The van der Waals surface area contributed by atoms with Gasteiger partial charge in [0.05, 0.1) is 23.8 Å². The SMILES string of the molecule is COc1cc(F)cc2c(O[C@@H]3C[C@H]4C(=O)N[C@]5(C(=O)NS(=O)(=O)C6(C)CC6)C[C@H]5/C=C\CC[C@@H](C)C[C@@H](C)[C@H](NC(=O)O)C(=O)N4C3)nccc12. The van der Waals surface area contributed by atoms with E-state index >= 15 is 0 Å². The zero-order chi connectivity index (χ0) is 36.9. The third kappa shape index (κ3) is 7.19. The van der Waals surface area contributed by atoms with Crippen LogP contribution in [0.25, 0.3) is 10.8 Å². The number of hydrogen-bond acceptors (Lipinski definition) is 9. The highest BCUT2D eigenvalue weighted by molar-refractivity contribution is 7.91. The number of carboxylic acid groups (broad SMARTS) is 1. The highest BCUT2D eigenvalue weighted by Gasteiger charge is 2.63. The lowest BCUT2D eigenvalue weighted by molar-refractivity contribution is -0.142. The van der Waals surface area contributed by atoms with Gasteiger partial charge in [0.25, 0.3) is 5.91 Å². The monoisotopic (exact) mass is 729 g/mol. The van der Waals surface area contributed by atoms with Crippen molar-refractivity contribution in [1.82, 2.24) is 25.2 Å². The van der Waals surface area contributed by atoms with Crippen molar-refractivity contribution in [2.45, 2.75) is 94.2 Å². The van der Waals surface area contributed by atoms with Gasteiger partial charge in [0.2, 0.25) is 27.7 Å². The van der Waals surface area contributed by atoms with Crippen LogP contribution < -0.4 is 24.8 Å². The first-order chi connectivity index (χ1) is 24.1. The lowest BCUT2D eigenvalue weighted by Gasteiger charge is -2.32. The van der Waals surface area contributed by atoms with Gasteiger partial charge in [0, 0.05) is 30.0 Å². The number of rotatable bonds is 7. The molecule has 1 aromatic heterocycles. The van der Waals surface area contributed by atoms with Crippen molar-refractivity contribution < 1.29 is 46.6 Å². The predicted octanol–water partition coefficient (Wildman–Crippen LogP) is 3.25. The molecule has 16 heteroatoms. The van der Waals surface area contributed by atoms with Crippen LogP contribution in [0, 0.1) is 23.6 Å². The van der Waals surface area contributed by atoms with Gasteiger partial charge in [-0.25, -0.2) is 22.6 Å². The van der Waals surface area contributed by atoms with Crippen LogP contribution in [0.3, 0.4) is 0 Å². The van der Waals surface area contributed by atoms with Crippen molar-refractivity contribution in [3.05, 3.63) is 42.4 Å². The second-order valence-electron chi connectivity index (χ2n) is 14.7. The van der Waals surface area contributed by atoms with Crippen LogP contribution in [0.5, 0.6) is 11.6 Å². The van der Waals surface area contributed by atoms with Gasteiger partial charge in [0.15, 0.2) is 0 Å². The normalized spacial score (nSPS) is 31.2. The van der Waals surface area contributed by atoms with Crippen molar-refractivity contribution in [2.24, 2.45) is 17.8 Å². The molecule has 0 unspecified atom stereocenters. The molecule has 4 amide bonds. The van der Waals surface area contributed by atoms with Crippen LogP contribution in [0.15, 0.2) is 36.5 Å². The largest absolute Gasteiger partial charge is 0.496 e. The number of nitrogens with one attached hydrogen (secondary N) is 3. The summed E-state index contributed by atoms with van der Waals surface area (Å²) in [5.74, 6) is -3.37. The summed E-state index contributed by atoms with van der Waals surface area (Å²) in [6.45, 7) is 5.18. The molecule has 2 saturated carbocycles. The standard InChI is InChI=1S/C35H44FN5O9S/c1-19-7-5-6-8-21-17-35(21,32(44)40-51(47,48)34(3)10-11-34)39-29(42)26-16-23(18-41(26)31(43)28(20(2)13-19)38-33(45)46)50-30-25-14-22(36)15-27(49-4)24(25)9-12-37-30/h6,8-9,12,14-15,19-21,23,26,28,38H,5,7,10-11,13,16-18H2,1-4H3,(H,39,42)(H,40,44)(H,45,46)/b8-6-/t19-,20-,21-,23-,26+,28+,35-/m1/s1. The third-order valence-corrected chi connectivity index (χ3v) is 13.0. The molecular weight excluding hydrogens is 685 g/mol. The van der Waals surface area contributed by atoms with E-state index in [9.17, 15) is 37.1 Å². The summed E-state index contributed by atoms with van der Waals surface area (Å²) in [7, 11) is -2.62. The Labute approximate surface area is 295 Å². The van der Waals surface area contributed by atoms with Gasteiger partial charge in [-0.1, -0.05) is 26.0 Å². The highest BCUT2D eigenvalue weighted by atomic mass is 32.2. The van der Waals surface area contributed by atoms with E-state index in [4.69, 9.17) is 9.47 Å². The number of ether oxygens (including phenoxy) is 2. The Bertz CT molecular complexity index is 1890. The maximum atomic E-state index is 14.6. The van der Waals surface area contributed by atoms with E-state index in [1.54, 1.807) is 19.9 Å². The van der Waals surface area contributed by atoms with Gasteiger partial charge >= 0.3 is 6.09 Å². The van der Waals surface area contributed by atoms with Crippen LogP contribution in [-0.4, -0.2) is 89.4 Å². The molecule has 0 radical (unpaired) electrons. The Kier molecular flexibility index (Phi) is 9.67. The number of carbonyl (C=O) groups is 4. The number of nitrogens with zero attached hydrogens (tertiary/aromatic N) is 2. The Morgan fingerprint density at radius 2 is 1.90 bits per heavy atom. The molecule has 2 aromatic rings. The van der Waals surface area contributed by atoms with Crippen molar-refractivity contribution in [2.75, 3.05) is 13.7 Å². The van der Waals surface area contributed by atoms with Crippen LogP contribution in [0.2, 0.25) is 0 Å². The van der Waals surface area contributed by atoms with Gasteiger partial charge in [0.1, 0.15) is 35.3 Å². The van der Waals surface area contributed by atoms with E-state index in [2.05, 4.69) is 20.3 Å². The third-order valence-electron chi connectivity index (χ3n) is 10.8. The Hall–Kier alpha value is -4.47. The lowest BCUT2D eigenvalue weighted by Crippen LogP contribution is -2.59. The summed E-state index contributed by atoms with van der Waals surface area (Å²) < 4.78 is 53.4. The van der Waals surface area contributed by atoms with E-state index in [0.29, 0.717) is 42.9 Å². The van der Waals surface area contributed by atoms with Gasteiger partial charge in [-0.3, -0.25) is 19.1 Å². The van der Waals surface area contributed by atoms with Crippen molar-refractivity contribution in [1.29, 1.82) is 0 Å². The number of aromatic nitrogens is 1. The number of amides is 4. The molecule has 1 saturated heterocycles. The first-order valence-electron chi connectivity index (χ1n) is 17.2. The van der Waals surface area contributed by atoms with E-state index in [1.807, 2.05) is 19.1 Å². The lowest BCUT2D eigenvalue weighted by atomic mass is 9.88. The number of hydrogen-bond donors (Lipinski definition) is 4. The summed E-state index contributed by atoms with van der Waals surface area (Å²) in [6, 6.07) is 1.66. The minimum absolute atomic E-state index is 0.0373.